The van der Waals surface area contributed by atoms with Gasteiger partial charge in [0.25, 0.3) is 0 Å². The smallest absolute Gasteiger partial charge is 0.290 e. The van der Waals surface area contributed by atoms with Crippen molar-refractivity contribution in [3.8, 4) is 22.6 Å². The second kappa shape index (κ2) is 4.96. The van der Waals surface area contributed by atoms with Crippen LogP contribution >= 0.6 is 0 Å². The zero-order valence-electron chi connectivity index (χ0n) is 11.6. The molecule has 2 aromatic carbocycles. The van der Waals surface area contributed by atoms with E-state index >= 15 is 0 Å². The van der Waals surface area contributed by atoms with Crippen LogP contribution in [0.5, 0.6) is 0 Å². The fraction of sp³-hybridized carbons (Fsp3) is 0. The molecule has 0 spiro atoms. The van der Waals surface area contributed by atoms with E-state index < -0.39 is 0 Å². The van der Waals surface area contributed by atoms with Crippen LogP contribution in [0.2, 0.25) is 0 Å². The normalized spacial score (nSPS) is 10.9. The Hall–Kier alpha value is -3.21. The fourth-order valence-electron chi connectivity index (χ4n) is 2.38. The molecule has 4 aromatic rings. The first kappa shape index (κ1) is 12.5. The van der Waals surface area contributed by atoms with Crippen LogP contribution in [0.3, 0.4) is 0 Å². The van der Waals surface area contributed by atoms with Gasteiger partial charge in [-0.2, -0.15) is 9.61 Å². The van der Waals surface area contributed by atoms with Crippen LogP contribution in [0.15, 0.2) is 71.5 Å². The van der Waals surface area contributed by atoms with E-state index in [9.17, 15) is 4.79 Å². The first-order valence-corrected chi connectivity index (χ1v) is 6.92. The van der Waals surface area contributed by atoms with Crippen molar-refractivity contribution in [2.45, 2.75) is 0 Å². The van der Waals surface area contributed by atoms with Crippen molar-refractivity contribution in [2.24, 2.45) is 0 Å². The molecule has 0 atom stereocenters. The summed E-state index contributed by atoms with van der Waals surface area (Å²) in [4.78, 5) is 19.5. The van der Waals surface area contributed by atoms with Crippen molar-refractivity contribution in [1.82, 2.24) is 19.6 Å². The molecule has 2 aromatic heterocycles. The van der Waals surface area contributed by atoms with Crippen LogP contribution in [0.4, 0.5) is 0 Å². The van der Waals surface area contributed by atoms with Gasteiger partial charge in [-0.05, 0) is 0 Å². The largest absolute Gasteiger partial charge is 0.349 e. The molecule has 0 amide bonds. The molecule has 0 unspecified atom stereocenters. The van der Waals surface area contributed by atoms with Crippen molar-refractivity contribution in [3.05, 3.63) is 77.2 Å². The Bertz CT molecular complexity index is 988. The molecule has 5 nitrogen and oxygen atoms in total. The second-order valence-electron chi connectivity index (χ2n) is 4.92. The molecule has 1 N–H and O–H groups in total. The Morgan fingerprint density at radius 2 is 1.50 bits per heavy atom. The number of H-pyrrole nitrogens is 1. The van der Waals surface area contributed by atoms with Gasteiger partial charge >= 0.3 is 5.69 Å². The minimum absolute atomic E-state index is 0.300. The summed E-state index contributed by atoms with van der Waals surface area (Å²) in [5, 5.41) is 4.33. The lowest BCUT2D eigenvalue weighted by atomic mass is 10.2. The molecule has 2 heterocycles. The molecule has 22 heavy (non-hydrogen) atoms. The molecular weight excluding hydrogens is 276 g/mol. The van der Waals surface area contributed by atoms with E-state index in [0.717, 1.165) is 16.8 Å². The van der Waals surface area contributed by atoms with E-state index in [4.69, 9.17) is 0 Å². The minimum atomic E-state index is -0.300. The number of rotatable bonds is 2. The Morgan fingerprint density at radius 3 is 2.18 bits per heavy atom. The van der Waals surface area contributed by atoms with Gasteiger partial charge in [-0.1, -0.05) is 60.7 Å². The number of nitrogens with one attached hydrogen (secondary N) is 1. The first-order chi connectivity index (χ1) is 10.8. The maximum Gasteiger partial charge on any atom is 0.349 e. The molecule has 0 aliphatic rings. The minimum Gasteiger partial charge on any atom is -0.290 e. The lowest BCUT2D eigenvalue weighted by Crippen LogP contribution is -2.19. The third-order valence-electron chi connectivity index (χ3n) is 3.45. The van der Waals surface area contributed by atoms with Crippen LogP contribution in [0, 0.1) is 0 Å². The van der Waals surface area contributed by atoms with Crippen molar-refractivity contribution in [2.75, 3.05) is 0 Å². The van der Waals surface area contributed by atoms with E-state index in [1.165, 1.54) is 4.52 Å². The van der Waals surface area contributed by atoms with Crippen LogP contribution in [-0.4, -0.2) is 19.6 Å². The zero-order chi connectivity index (χ0) is 14.9. The highest BCUT2D eigenvalue weighted by atomic mass is 16.1. The molecule has 0 fully saturated rings. The number of benzene rings is 2. The lowest BCUT2D eigenvalue weighted by Gasteiger charge is -2.00. The average Bonchev–Trinajstić information content (AvgIpc) is 3.01. The number of nitrogens with zero attached hydrogens (tertiary/aromatic N) is 3. The molecule has 0 bridgehead atoms. The van der Waals surface area contributed by atoms with E-state index in [1.807, 2.05) is 66.7 Å². The van der Waals surface area contributed by atoms with Gasteiger partial charge in [-0.3, -0.25) is 4.98 Å². The summed E-state index contributed by atoms with van der Waals surface area (Å²) in [6.07, 6.45) is 0. The Kier molecular flexibility index (Phi) is 2.83. The molecule has 5 heteroatoms. The SMILES string of the molecule is O=c1[nH]c(-c2ccccc2)nc2cc(-c3ccccc3)nn12. The third kappa shape index (κ3) is 2.09. The summed E-state index contributed by atoms with van der Waals surface area (Å²) in [5.74, 6) is 0.539. The van der Waals surface area contributed by atoms with Gasteiger partial charge in [0.05, 0.1) is 5.69 Å². The summed E-state index contributed by atoms with van der Waals surface area (Å²) < 4.78 is 1.29. The molecule has 4 rings (SSSR count). The van der Waals surface area contributed by atoms with Crippen molar-refractivity contribution >= 4 is 5.65 Å². The number of aromatic nitrogens is 4. The quantitative estimate of drug-likeness (QED) is 0.617. The maximum atomic E-state index is 12.2. The zero-order valence-corrected chi connectivity index (χ0v) is 11.6. The van der Waals surface area contributed by atoms with E-state index in [1.54, 1.807) is 0 Å². The van der Waals surface area contributed by atoms with Crippen molar-refractivity contribution in [1.29, 1.82) is 0 Å². The lowest BCUT2D eigenvalue weighted by molar-refractivity contribution is 0.847. The molecule has 0 saturated heterocycles. The molecule has 0 saturated carbocycles. The standard InChI is InChI=1S/C17H12N4O/c22-17-19-16(13-9-5-2-6-10-13)18-15-11-14(20-21(15)17)12-7-3-1-4-8-12/h1-11H,(H,18,19,22). The number of hydrogen-bond acceptors (Lipinski definition) is 3. The van der Waals surface area contributed by atoms with Gasteiger partial charge in [-0.25, -0.2) is 9.78 Å². The van der Waals surface area contributed by atoms with E-state index in [-0.39, 0.29) is 5.69 Å². The number of aromatic amines is 1. The summed E-state index contributed by atoms with van der Waals surface area (Å²) in [5.41, 5.74) is 2.77. The Morgan fingerprint density at radius 1 is 0.864 bits per heavy atom. The maximum absolute atomic E-state index is 12.2. The van der Waals surface area contributed by atoms with Gasteiger partial charge in [0.2, 0.25) is 0 Å². The molecular formula is C17H12N4O. The highest BCUT2D eigenvalue weighted by Crippen LogP contribution is 2.19. The first-order valence-electron chi connectivity index (χ1n) is 6.92. The van der Waals surface area contributed by atoms with Crippen molar-refractivity contribution < 1.29 is 0 Å². The Labute approximate surface area is 125 Å². The van der Waals surface area contributed by atoms with Gasteiger partial charge in [0.1, 0.15) is 5.82 Å². The summed E-state index contributed by atoms with van der Waals surface area (Å²) in [7, 11) is 0. The van der Waals surface area contributed by atoms with Crippen LogP contribution in [0.25, 0.3) is 28.3 Å². The monoisotopic (exact) mass is 288 g/mol. The van der Waals surface area contributed by atoms with E-state index in [0.29, 0.717) is 11.5 Å². The predicted molar refractivity (Wildman–Crippen MR) is 84.5 cm³/mol. The topological polar surface area (TPSA) is 63.0 Å². The number of fused-ring (bicyclic) bond motifs is 1. The summed E-state index contributed by atoms with van der Waals surface area (Å²) in [6.45, 7) is 0. The molecule has 0 radical (unpaired) electrons. The number of hydrogen-bond donors (Lipinski definition) is 1. The third-order valence-corrected chi connectivity index (χ3v) is 3.45. The Balaban J connectivity index is 1.91. The van der Waals surface area contributed by atoms with Gasteiger partial charge in [0.15, 0.2) is 5.65 Å². The second-order valence-corrected chi connectivity index (χ2v) is 4.92. The molecule has 106 valence electrons. The fourth-order valence-corrected chi connectivity index (χ4v) is 2.38. The van der Waals surface area contributed by atoms with E-state index in [2.05, 4.69) is 15.1 Å². The highest BCUT2D eigenvalue weighted by molar-refractivity contribution is 5.65. The summed E-state index contributed by atoms with van der Waals surface area (Å²) >= 11 is 0. The predicted octanol–water partition coefficient (Wildman–Crippen LogP) is 2.75. The van der Waals surface area contributed by atoms with Gasteiger partial charge in [0, 0.05) is 17.2 Å². The highest BCUT2D eigenvalue weighted by Gasteiger charge is 2.10. The van der Waals surface area contributed by atoms with Crippen LogP contribution in [0.1, 0.15) is 0 Å². The average molecular weight is 288 g/mol. The van der Waals surface area contributed by atoms with Crippen molar-refractivity contribution in [3.63, 3.8) is 0 Å². The van der Waals surface area contributed by atoms with Gasteiger partial charge in [-0.15, -0.1) is 0 Å². The summed E-state index contributed by atoms with van der Waals surface area (Å²) in [6, 6.07) is 21.1. The molecule has 0 aliphatic carbocycles. The molecule has 0 aliphatic heterocycles. The van der Waals surface area contributed by atoms with Crippen LogP contribution in [-0.2, 0) is 0 Å². The van der Waals surface area contributed by atoms with Crippen LogP contribution < -0.4 is 5.69 Å². The van der Waals surface area contributed by atoms with Gasteiger partial charge < -0.3 is 0 Å².